The molecule has 0 aromatic carbocycles. The Morgan fingerprint density at radius 2 is 2.20 bits per heavy atom. The summed E-state index contributed by atoms with van der Waals surface area (Å²) in [6.07, 6.45) is 4.60. The maximum absolute atomic E-state index is 12.1. The van der Waals surface area contributed by atoms with Crippen molar-refractivity contribution >= 4 is 5.91 Å². The zero-order valence-electron chi connectivity index (χ0n) is 8.89. The lowest BCUT2D eigenvalue weighted by Gasteiger charge is -2.37. The van der Waals surface area contributed by atoms with Crippen LogP contribution in [0.3, 0.4) is 0 Å². The second kappa shape index (κ2) is 3.46. The molecule has 2 N–H and O–H groups in total. The van der Waals surface area contributed by atoms with Crippen LogP contribution in [-0.2, 0) is 9.53 Å². The molecule has 4 nitrogen and oxygen atoms in total. The molecule has 0 radical (unpaired) electrons. The van der Waals surface area contributed by atoms with E-state index in [1.165, 1.54) is 6.42 Å². The highest BCUT2D eigenvalue weighted by molar-refractivity contribution is 5.82. The van der Waals surface area contributed by atoms with Gasteiger partial charge in [0.15, 0.2) is 0 Å². The first-order valence-electron chi connectivity index (χ1n) is 5.95. The molecule has 0 spiro atoms. The van der Waals surface area contributed by atoms with Crippen molar-refractivity contribution in [1.82, 2.24) is 4.90 Å². The monoisotopic (exact) mass is 210 g/mol. The lowest BCUT2D eigenvalue weighted by atomic mass is 10.1. The molecule has 0 bridgehead atoms. The molecule has 1 saturated heterocycles. The number of carbonyl (C=O) groups is 1. The van der Waals surface area contributed by atoms with E-state index in [9.17, 15) is 4.79 Å². The van der Waals surface area contributed by atoms with Gasteiger partial charge in [-0.2, -0.15) is 0 Å². The summed E-state index contributed by atoms with van der Waals surface area (Å²) >= 11 is 0. The average molecular weight is 210 g/mol. The highest BCUT2D eigenvalue weighted by Crippen LogP contribution is 2.35. The molecule has 0 aromatic rings. The van der Waals surface area contributed by atoms with Crippen LogP contribution < -0.4 is 5.73 Å². The number of ether oxygens (including phenoxy) is 1. The lowest BCUT2D eigenvalue weighted by Crippen LogP contribution is -2.52. The van der Waals surface area contributed by atoms with Crippen LogP contribution in [-0.4, -0.2) is 42.1 Å². The SMILES string of the molecule is NC1CC1C(=O)N1CCOC2CCCC21. The molecule has 3 fully saturated rings. The second-order valence-corrected chi connectivity index (χ2v) is 4.95. The van der Waals surface area contributed by atoms with E-state index >= 15 is 0 Å². The van der Waals surface area contributed by atoms with Gasteiger partial charge in [-0.05, 0) is 25.7 Å². The minimum absolute atomic E-state index is 0.115. The quantitative estimate of drug-likeness (QED) is 0.668. The van der Waals surface area contributed by atoms with Gasteiger partial charge in [0.25, 0.3) is 0 Å². The highest BCUT2D eigenvalue weighted by Gasteiger charge is 2.47. The van der Waals surface area contributed by atoms with Gasteiger partial charge in [-0.3, -0.25) is 4.79 Å². The number of hydrogen-bond donors (Lipinski definition) is 1. The molecule has 4 unspecified atom stereocenters. The van der Waals surface area contributed by atoms with Crippen LogP contribution in [0.15, 0.2) is 0 Å². The van der Waals surface area contributed by atoms with Crippen LogP contribution in [0.25, 0.3) is 0 Å². The Labute approximate surface area is 89.7 Å². The van der Waals surface area contributed by atoms with Crippen LogP contribution in [0.4, 0.5) is 0 Å². The Kier molecular flexibility index (Phi) is 2.21. The molecule has 15 heavy (non-hydrogen) atoms. The average Bonchev–Trinajstić information content (AvgIpc) is 2.80. The van der Waals surface area contributed by atoms with Crippen molar-refractivity contribution in [3.8, 4) is 0 Å². The van der Waals surface area contributed by atoms with Gasteiger partial charge in [-0.1, -0.05) is 0 Å². The molecule has 3 rings (SSSR count). The van der Waals surface area contributed by atoms with Gasteiger partial charge in [0, 0.05) is 12.6 Å². The normalized spacial score (nSPS) is 43.9. The van der Waals surface area contributed by atoms with E-state index in [0.717, 1.165) is 25.8 Å². The summed E-state index contributed by atoms with van der Waals surface area (Å²) in [6.45, 7) is 1.47. The molecule has 0 aromatic heterocycles. The molecule has 4 heteroatoms. The number of amides is 1. The second-order valence-electron chi connectivity index (χ2n) is 4.95. The van der Waals surface area contributed by atoms with Crippen molar-refractivity contribution in [1.29, 1.82) is 0 Å². The zero-order chi connectivity index (χ0) is 10.4. The summed E-state index contributed by atoms with van der Waals surface area (Å²) < 4.78 is 5.68. The van der Waals surface area contributed by atoms with Gasteiger partial charge < -0.3 is 15.4 Å². The minimum atomic E-state index is 0.115. The van der Waals surface area contributed by atoms with Crippen LogP contribution in [0.5, 0.6) is 0 Å². The van der Waals surface area contributed by atoms with E-state index in [1.807, 2.05) is 4.90 Å². The topological polar surface area (TPSA) is 55.6 Å². The van der Waals surface area contributed by atoms with E-state index in [0.29, 0.717) is 18.8 Å². The zero-order valence-corrected chi connectivity index (χ0v) is 8.89. The van der Waals surface area contributed by atoms with Crippen molar-refractivity contribution in [2.75, 3.05) is 13.2 Å². The summed E-state index contributed by atoms with van der Waals surface area (Å²) in [5.74, 6) is 0.395. The summed E-state index contributed by atoms with van der Waals surface area (Å²) in [5.41, 5.74) is 5.73. The first kappa shape index (κ1) is 9.60. The van der Waals surface area contributed by atoms with Crippen molar-refractivity contribution < 1.29 is 9.53 Å². The Balaban J connectivity index is 1.71. The van der Waals surface area contributed by atoms with Gasteiger partial charge >= 0.3 is 0 Å². The summed E-state index contributed by atoms with van der Waals surface area (Å²) in [7, 11) is 0. The standard InChI is InChI=1S/C11H18N2O2/c12-8-6-7(8)11(14)13-4-5-15-10-3-1-2-9(10)13/h7-10H,1-6,12H2. The first-order valence-corrected chi connectivity index (χ1v) is 5.95. The van der Waals surface area contributed by atoms with Crippen molar-refractivity contribution in [2.24, 2.45) is 11.7 Å². The fourth-order valence-corrected chi connectivity index (χ4v) is 2.91. The molecule has 4 atom stereocenters. The van der Waals surface area contributed by atoms with Crippen molar-refractivity contribution in [3.63, 3.8) is 0 Å². The van der Waals surface area contributed by atoms with Crippen molar-refractivity contribution in [3.05, 3.63) is 0 Å². The predicted molar refractivity (Wildman–Crippen MR) is 55.2 cm³/mol. The third kappa shape index (κ3) is 1.56. The van der Waals surface area contributed by atoms with Gasteiger partial charge in [-0.25, -0.2) is 0 Å². The van der Waals surface area contributed by atoms with E-state index in [1.54, 1.807) is 0 Å². The fraction of sp³-hybridized carbons (Fsp3) is 0.909. The number of hydrogen-bond acceptors (Lipinski definition) is 3. The molecule has 1 amide bonds. The van der Waals surface area contributed by atoms with E-state index in [-0.39, 0.29) is 17.9 Å². The van der Waals surface area contributed by atoms with Crippen LogP contribution in [0.2, 0.25) is 0 Å². The Hall–Kier alpha value is -0.610. The predicted octanol–water partition coefficient (Wildman–Crippen LogP) is 0.113. The van der Waals surface area contributed by atoms with Crippen molar-refractivity contribution in [2.45, 2.75) is 43.9 Å². The molecular formula is C11H18N2O2. The molecular weight excluding hydrogens is 192 g/mol. The molecule has 1 heterocycles. The van der Waals surface area contributed by atoms with E-state index in [2.05, 4.69) is 0 Å². The van der Waals surface area contributed by atoms with E-state index in [4.69, 9.17) is 10.5 Å². The molecule has 2 aliphatic carbocycles. The van der Waals surface area contributed by atoms with E-state index < -0.39 is 0 Å². The lowest BCUT2D eigenvalue weighted by molar-refractivity contribution is -0.145. The molecule has 1 aliphatic heterocycles. The minimum Gasteiger partial charge on any atom is -0.374 e. The number of fused-ring (bicyclic) bond motifs is 1. The van der Waals surface area contributed by atoms with Crippen LogP contribution in [0, 0.1) is 5.92 Å². The van der Waals surface area contributed by atoms with Gasteiger partial charge in [0.1, 0.15) is 0 Å². The third-order valence-electron chi connectivity index (χ3n) is 3.92. The maximum Gasteiger partial charge on any atom is 0.227 e. The largest absolute Gasteiger partial charge is 0.374 e. The Bertz CT molecular complexity index is 282. The number of morpholine rings is 1. The first-order chi connectivity index (χ1) is 7.27. The Morgan fingerprint density at radius 1 is 1.40 bits per heavy atom. The van der Waals surface area contributed by atoms with Gasteiger partial charge in [0.05, 0.1) is 24.7 Å². The summed E-state index contributed by atoms with van der Waals surface area (Å²) in [4.78, 5) is 14.1. The number of rotatable bonds is 1. The highest BCUT2D eigenvalue weighted by atomic mass is 16.5. The Morgan fingerprint density at radius 3 is 2.93 bits per heavy atom. The molecule has 2 saturated carbocycles. The number of carbonyl (C=O) groups excluding carboxylic acids is 1. The summed E-state index contributed by atoms with van der Waals surface area (Å²) in [5, 5.41) is 0. The number of nitrogens with zero attached hydrogens (tertiary/aromatic N) is 1. The van der Waals surface area contributed by atoms with Crippen LogP contribution >= 0.6 is 0 Å². The number of nitrogens with two attached hydrogens (primary N) is 1. The summed E-state index contributed by atoms with van der Waals surface area (Å²) in [6, 6.07) is 0.472. The van der Waals surface area contributed by atoms with Crippen LogP contribution in [0.1, 0.15) is 25.7 Å². The fourth-order valence-electron chi connectivity index (χ4n) is 2.91. The van der Waals surface area contributed by atoms with Gasteiger partial charge in [-0.15, -0.1) is 0 Å². The molecule has 84 valence electrons. The third-order valence-corrected chi connectivity index (χ3v) is 3.92. The molecule has 3 aliphatic rings. The smallest absolute Gasteiger partial charge is 0.227 e. The van der Waals surface area contributed by atoms with Gasteiger partial charge in [0.2, 0.25) is 5.91 Å². The maximum atomic E-state index is 12.1.